The molecule has 0 radical (unpaired) electrons. The smallest absolute Gasteiger partial charge is 0.459 e. The van der Waals surface area contributed by atoms with E-state index < -0.39 is 50.4 Å². The summed E-state index contributed by atoms with van der Waals surface area (Å²) in [6.45, 7) is 4.09. The van der Waals surface area contributed by atoms with Gasteiger partial charge in [0.05, 0.1) is 30.4 Å². The van der Waals surface area contributed by atoms with Crippen LogP contribution in [-0.2, 0) is 23.4 Å². The third kappa shape index (κ3) is 5.75. The number of para-hydroxylation sites is 1. The number of carbonyl (C=O) groups excluding carboxylic acids is 1. The molecule has 0 aliphatic carbocycles. The van der Waals surface area contributed by atoms with Crippen molar-refractivity contribution in [3.63, 3.8) is 0 Å². The van der Waals surface area contributed by atoms with Crippen molar-refractivity contribution in [1.29, 1.82) is 0 Å². The van der Waals surface area contributed by atoms with Gasteiger partial charge in [-0.2, -0.15) is 5.09 Å². The first-order valence-corrected chi connectivity index (χ1v) is 14.6. The molecule has 3 aromatic heterocycles. The van der Waals surface area contributed by atoms with E-state index in [1.54, 1.807) is 43.5 Å². The van der Waals surface area contributed by atoms with E-state index in [9.17, 15) is 19.6 Å². The molecule has 1 aliphatic heterocycles. The molecular formula is C26H31N6O9P. The summed E-state index contributed by atoms with van der Waals surface area (Å²) < 4.78 is 43.1. The van der Waals surface area contributed by atoms with Gasteiger partial charge in [0.1, 0.15) is 53.7 Å². The average Bonchev–Trinajstić information content (AvgIpc) is 3.67. The van der Waals surface area contributed by atoms with Crippen LogP contribution in [0, 0.1) is 0 Å². The number of benzene rings is 1. The van der Waals surface area contributed by atoms with Crippen molar-refractivity contribution in [2.75, 3.05) is 18.9 Å². The Morgan fingerprint density at radius 3 is 2.74 bits per heavy atom. The molecule has 0 spiro atoms. The van der Waals surface area contributed by atoms with Crippen molar-refractivity contribution in [2.24, 2.45) is 0 Å². The first kappa shape index (κ1) is 29.6. The summed E-state index contributed by atoms with van der Waals surface area (Å²) in [5.74, 6) is -0.0806. The van der Waals surface area contributed by atoms with Gasteiger partial charge in [-0.15, -0.1) is 0 Å². The van der Waals surface area contributed by atoms with E-state index in [-0.39, 0.29) is 29.7 Å². The fourth-order valence-electron chi connectivity index (χ4n) is 4.62. The van der Waals surface area contributed by atoms with Crippen molar-refractivity contribution >= 4 is 30.6 Å². The molecule has 5 N–H and O–H groups in total. The fourth-order valence-corrected chi connectivity index (χ4v) is 6.12. The van der Waals surface area contributed by atoms with Crippen LogP contribution >= 0.6 is 7.75 Å². The molecule has 15 nitrogen and oxygen atoms in total. The largest absolute Gasteiger partial charge is 0.465 e. The molecule has 1 saturated heterocycles. The number of ether oxygens (including phenoxy) is 2. The van der Waals surface area contributed by atoms with Gasteiger partial charge in [0.2, 0.25) is 5.89 Å². The molecule has 1 aliphatic rings. The second-order valence-corrected chi connectivity index (χ2v) is 11.4. The Balaban J connectivity index is 1.41. The number of aromatic nitrogens is 4. The number of oxazole rings is 1. The average molecular weight is 603 g/mol. The second-order valence-electron chi connectivity index (χ2n) is 9.74. The van der Waals surface area contributed by atoms with E-state index >= 15 is 0 Å². The minimum Gasteiger partial charge on any atom is -0.465 e. The highest BCUT2D eigenvalue weighted by Gasteiger charge is 2.54. The molecule has 42 heavy (non-hydrogen) atoms. The van der Waals surface area contributed by atoms with Crippen LogP contribution in [0.2, 0.25) is 0 Å². The number of rotatable bonds is 11. The molecule has 4 aromatic rings. The van der Waals surface area contributed by atoms with Crippen LogP contribution in [0.15, 0.2) is 59.7 Å². The Morgan fingerprint density at radius 1 is 1.29 bits per heavy atom. The molecule has 4 heterocycles. The van der Waals surface area contributed by atoms with E-state index in [4.69, 9.17) is 28.7 Å². The number of nitrogens with one attached hydrogen (secondary N) is 1. The van der Waals surface area contributed by atoms with Gasteiger partial charge in [0.25, 0.3) is 0 Å². The number of nitrogen functional groups attached to an aromatic ring is 1. The lowest BCUT2D eigenvalue weighted by Crippen LogP contribution is -2.44. The van der Waals surface area contributed by atoms with Gasteiger partial charge in [-0.25, -0.2) is 19.5 Å². The minimum atomic E-state index is -4.25. The molecule has 0 bridgehead atoms. The van der Waals surface area contributed by atoms with E-state index in [0.29, 0.717) is 10.9 Å². The number of aliphatic hydroxyl groups is 2. The normalized spacial score (nSPS) is 24.4. The Kier molecular flexibility index (Phi) is 8.32. The van der Waals surface area contributed by atoms with Gasteiger partial charge in [0.15, 0.2) is 6.23 Å². The number of nitrogens with zero attached hydrogens (tertiary/aromatic N) is 4. The maximum atomic E-state index is 13.8. The van der Waals surface area contributed by atoms with E-state index in [1.165, 1.54) is 37.2 Å². The standard InChI is InChI=1S/C26H31N6O9P/c1-4-37-24(34)15(2)31-42(36,41-16-8-6-5-7-9-16)39-13-18-20(33)26(3,35)25(40-18)32-12-17(23-28-10-11-38-23)19-21(27)29-14-30-22(19)32/h5-12,14-15,18,20,25,33,35H,4,13H2,1-3H3,(H,31,36)(H2,27,29,30)/t15?,18-,20+,25-,26-,42-/m1/s1. The summed E-state index contributed by atoms with van der Waals surface area (Å²) in [4.78, 5) is 24.8. The monoisotopic (exact) mass is 602 g/mol. The molecular weight excluding hydrogens is 571 g/mol. The molecule has 1 unspecified atom stereocenters. The van der Waals surface area contributed by atoms with Crippen LogP contribution in [0.25, 0.3) is 22.5 Å². The van der Waals surface area contributed by atoms with Crippen molar-refractivity contribution in [3.05, 3.63) is 55.3 Å². The Bertz CT molecular complexity index is 1580. The van der Waals surface area contributed by atoms with Gasteiger partial charge >= 0.3 is 13.7 Å². The van der Waals surface area contributed by atoms with Gasteiger partial charge in [0, 0.05) is 6.20 Å². The predicted octanol–water partition coefficient (Wildman–Crippen LogP) is 2.42. The highest BCUT2D eigenvalue weighted by Crippen LogP contribution is 2.48. The number of nitrogens with two attached hydrogens (primary N) is 1. The third-order valence-electron chi connectivity index (χ3n) is 6.68. The van der Waals surface area contributed by atoms with Gasteiger partial charge in [-0.3, -0.25) is 9.32 Å². The lowest BCUT2D eigenvalue weighted by molar-refractivity contribution is -0.144. The van der Waals surface area contributed by atoms with Gasteiger partial charge < -0.3 is 38.9 Å². The zero-order valence-electron chi connectivity index (χ0n) is 23.0. The van der Waals surface area contributed by atoms with Gasteiger partial charge in [-0.1, -0.05) is 18.2 Å². The lowest BCUT2D eigenvalue weighted by atomic mass is 9.96. The minimum absolute atomic E-state index is 0.122. The molecule has 1 fully saturated rings. The number of hydrogen-bond acceptors (Lipinski definition) is 13. The van der Waals surface area contributed by atoms with Crippen LogP contribution < -0.4 is 15.3 Å². The Hall–Kier alpha value is -3.85. The van der Waals surface area contributed by atoms with Crippen LogP contribution in [0.3, 0.4) is 0 Å². The van der Waals surface area contributed by atoms with Crippen LogP contribution in [0.5, 0.6) is 5.75 Å². The SMILES string of the molecule is CCOC(=O)C(C)N[P@@](=O)(OC[C@H]1O[C@@H](n2cc(-c3ncco3)c3c(N)ncnc32)[C@](C)(O)[C@H]1O)Oc1ccccc1. The van der Waals surface area contributed by atoms with Gasteiger partial charge in [-0.05, 0) is 32.9 Å². The zero-order valence-corrected chi connectivity index (χ0v) is 23.9. The van der Waals surface area contributed by atoms with Crippen LogP contribution in [0.1, 0.15) is 27.0 Å². The zero-order chi connectivity index (χ0) is 30.1. The molecule has 16 heteroatoms. The third-order valence-corrected chi connectivity index (χ3v) is 8.32. The molecule has 6 atom stereocenters. The fraction of sp³-hybridized carbons (Fsp3) is 0.385. The highest BCUT2D eigenvalue weighted by atomic mass is 31.2. The van der Waals surface area contributed by atoms with Crippen molar-refractivity contribution in [3.8, 4) is 17.2 Å². The summed E-state index contributed by atoms with van der Waals surface area (Å²) in [5.41, 5.74) is 4.99. The summed E-state index contributed by atoms with van der Waals surface area (Å²) in [6.07, 6.45) is 1.76. The number of esters is 1. The topological polar surface area (TPSA) is 206 Å². The number of hydrogen-bond donors (Lipinski definition) is 4. The van der Waals surface area contributed by atoms with E-state index in [0.717, 1.165) is 0 Å². The molecule has 5 rings (SSSR count). The van der Waals surface area contributed by atoms with Crippen molar-refractivity contribution in [2.45, 2.75) is 50.8 Å². The van der Waals surface area contributed by atoms with E-state index in [2.05, 4.69) is 20.0 Å². The molecule has 0 saturated carbocycles. The first-order valence-electron chi connectivity index (χ1n) is 13.0. The van der Waals surface area contributed by atoms with E-state index in [1.807, 2.05) is 0 Å². The Morgan fingerprint density at radius 2 is 2.05 bits per heavy atom. The number of fused-ring (bicyclic) bond motifs is 1. The van der Waals surface area contributed by atoms with Crippen molar-refractivity contribution < 1.29 is 42.5 Å². The highest BCUT2D eigenvalue weighted by molar-refractivity contribution is 7.52. The second kappa shape index (κ2) is 11.8. The maximum Gasteiger partial charge on any atom is 0.459 e. The number of carbonyl (C=O) groups is 1. The quantitative estimate of drug-likeness (QED) is 0.144. The number of aliphatic hydroxyl groups excluding tert-OH is 1. The summed E-state index contributed by atoms with van der Waals surface area (Å²) in [6, 6.07) is 7.15. The van der Waals surface area contributed by atoms with Crippen LogP contribution in [0.4, 0.5) is 5.82 Å². The molecule has 1 aromatic carbocycles. The van der Waals surface area contributed by atoms with Crippen LogP contribution in [-0.4, -0.2) is 72.8 Å². The lowest BCUT2D eigenvalue weighted by Gasteiger charge is -2.27. The maximum absolute atomic E-state index is 13.8. The summed E-state index contributed by atoms with van der Waals surface area (Å²) in [7, 11) is -4.25. The summed E-state index contributed by atoms with van der Waals surface area (Å²) in [5, 5.41) is 25.5. The predicted molar refractivity (Wildman–Crippen MR) is 148 cm³/mol. The molecule has 224 valence electrons. The first-order chi connectivity index (χ1) is 20.0. The number of anilines is 1. The Labute approximate surface area is 240 Å². The summed E-state index contributed by atoms with van der Waals surface area (Å²) >= 11 is 0. The van der Waals surface area contributed by atoms with Crippen molar-refractivity contribution in [1.82, 2.24) is 24.6 Å². The molecule has 0 amide bonds.